The van der Waals surface area contributed by atoms with E-state index in [9.17, 15) is 0 Å². The van der Waals surface area contributed by atoms with Crippen LogP contribution in [0.1, 0.15) is 36.9 Å². The molecular formula is C20H25N3O2. The number of rotatable bonds is 5. The maximum absolute atomic E-state index is 5.92. The van der Waals surface area contributed by atoms with Gasteiger partial charge < -0.3 is 14.8 Å². The summed E-state index contributed by atoms with van der Waals surface area (Å²) in [6.07, 6.45) is 7.02. The zero-order chi connectivity index (χ0) is 17.1. The molecule has 2 aliphatic rings. The standard InChI is InChI=1S/C20H25N3O2/c1-24-18-8-6-15-10-14(13-25-19(15)12-18)11-17-7-9-20(23-22-17)21-16-4-2-3-5-16/h6-9,12,14,16H,2-5,10-11,13H2,1H3,(H,21,23)/t14-/m0/s1. The Labute approximate surface area is 148 Å². The number of nitrogens with one attached hydrogen (secondary N) is 1. The fourth-order valence-corrected chi connectivity index (χ4v) is 3.79. The van der Waals surface area contributed by atoms with E-state index in [4.69, 9.17) is 9.47 Å². The molecule has 1 aliphatic carbocycles. The minimum absolute atomic E-state index is 0.434. The van der Waals surface area contributed by atoms with Crippen LogP contribution in [0.3, 0.4) is 0 Å². The smallest absolute Gasteiger partial charge is 0.148 e. The number of anilines is 1. The van der Waals surface area contributed by atoms with Gasteiger partial charge >= 0.3 is 0 Å². The van der Waals surface area contributed by atoms with E-state index in [1.54, 1.807) is 7.11 Å². The molecule has 0 unspecified atom stereocenters. The normalized spacial score (nSPS) is 20.0. The zero-order valence-corrected chi connectivity index (χ0v) is 14.7. The Kier molecular flexibility index (Phi) is 4.72. The van der Waals surface area contributed by atoms with Crippen molar-refractivity contribution in [3.63, 3.8) is 0 Å². The highest BCUT2D eigenvalue weighted by molar-refractivity contribution is 5.42. The second-order valence-corrected chi connectivity index (χ2v) is 7.09. The van der Waals surface area contributed by atoms with Crippen molar-refractivity contribution in [1.29, 1.82) is 0 Å². The second kappa shape index (κ2) is 7.30. The van der Waals surface area contributed by atoms with Crippen LogP contribution in [-0.4, -0.2) is 30.0 Å². The number of ether oxygens (including phenoxy) is 2. The first kappa shape index (κ1) is 16.2. The molecule has 1 N–H and O–H groups in total. The summed E-state index contributed by atoms with van der Waals surface area (Å²) in [5, 5.41) is 12.3. The van der Waals surface area contributed by atoms with Gasteiger partial charge in [0.05, 0.1) is 19.4 Å². The second-order valence-electron chi connectivity index (χ2n) is 7.09. The number of hydrogen-bond donors (Lipinski definition) is 1. The third-order valence-electron chi connectivity index (χ3n) is 5.18. The highest BCUT2D eigenvalue weighted by Crippen LogP contribution is 2.32. The Balaban J connectivity index is 1.35. The van der Waals surface area contributed by atoms with Crippen LogP contribution in [0.15, 0.2) is 30.3 Å². The molecule has 2 heterocycles. The molecule has 25 heavy (non-hydrogen) atoms. The van der Waals surface area contributed by atoms with Gasteiger partial charge in [0, 0.05) is 18.0 Å². The van der Waals surface area contributed by atoms with Crippen LogP contribution in [0.4, 0.5) is 5.82 Å². The molecule has 0 amide bonds. The molecule has 1 saturated carbocycles. The average Bonchev–Trinajstić information content (AvgIpc) is 3.16. The Morgan fingerprint density at radius 3 is 2.80 bits per heavy atom. The largest absolute Gasteiger partial charge is 0.497 e. The van der Waals surface area contributed by atoms with E-state index in [-0.39, 0.29) is 0 Å². The fraction of sp³-hybridized carbons (Fsp3) is 0.500. The molecule has 132 valence electrons. The van der Waals surface area contributed by atoms with Crippen molar-refractivity contribution in [2.75, 3.05) is 19.0 Å². The summed E-state index contributed by atoms with van der Waals surface area (Å²) in [5.74, 6) is 3.11. The number of aromatic nitrogens is 2. The maximum Gasteiger partial charge on any atom is 0.148 e. The summed E-state index contributed by atoms with van der Waals surface area (Å²) in [6, 6.07) is 10.8. The molecule has 0 radical (unpaired) electrons. The van der Waals surface area contributed by atoms with Crippen LogP contribution in [0.5, 0.6) is 11.5 Å². The highest BCUT2D eigenvalue weighted by Gasteiger charge is 2.21. The van der Waals surface area contributed by atoms with Gasteiger partial charge in [-0.25, -0.2) is 0 Å². The van der Waals surface area contributed by atoms with E-state index >= 15 is 0 Å². The van der Waals surface area contributed by atoms with Crippen LogP contribution >= 0.6 is 0 Å². The van der Waals surface area contributed by atoms with Crippen molar-refractivity contribution in [1.82, 2.24) is 10.2 Å². The van der Waals surface area contributed by atoms with Gasteiger partial charge in [0.2, 0.25) is 0 Å². The summed E-state index contributed by atoms with van der Waals surface area (Å²) in [7, 11) is 1.68. The van der Waals surface area contributed by atoms with Gasteiger partial charge in [0.1, 0.15) is 17.3 Å². The molecule has 5 heteroatoms. The number of methoxy groups -OCH3 is 1. The minimum Gasteiger partial charge on any atom is -0.497 e. The lowest BCUT2D eigenvalue weighted by molar-refractivity contribution is 0.219. The number of hydrogen-bond acceptors (Lipinski definition) is 5. The molecule has 0 spiro atoms. The molecule has 0 bridgehead atoms. The monoisotopic (exact) mass is 339 g/mol. The lowest BCUT2D eigenvalue weighted by Crippen LogP contribution is -2.23. The molecule has 0 saturated heterocycles. The molecule has 1 atom stereocenters. The first-order valence-corrected chi connectivity index (χ1v) is 9.19. The predicted octanol–water partition coefficient (Wildman–Crippen LogP) is 3.63. The summed E-state index contributed by atoms with van der Waals surface area (Å²) < 4.78 is 11.2. The van der Waals surface area contributed by atoms with E-state index in [0.29, 0.717) is 18.6 Å². The van der Waals surface area contributed by atoms with Gasteiger partial charge in [-0.1, -0.05) is 18.9 Å². The quantitative estimate of drug-likeness (QED) is 0.901. The van der Waals surface area contributed by atoms with Crippen LogP contribution in [0.2, 0.25) is 0 Å². The summed E-state index contributed by atoms with van der Waals surface area (Å²) in [5.41, 5.74) is 2.27. The Morgan fingerprint density at radius 1 is 1.16 bits per heavy atom. The maximum atomic E-state index is 5.92. The summed E-state index contributed by atoms with van der Waals surface area (Å²) >= 11 is 0. The van der Waals surface area contributed by atoms with Crippen molar-refractivity contribution >= 4 is 5.82 Å². The van der Waals surface area contributed by atoms with Crippen molar-refractivity contribution < 1.29 is 9.47 Å². The van der Waals surface area contributed by atoms with Crippen molar-refractivity contribution in [2.24, 2.45) is 5.92 Å². The van der Waals surface area contributed by atoms with Crippen LogP contribution in [0.25, 0.3) is 0 Å². The van der Waals surface area contributed by atoms with Gasteiger partial charge in [-0.15, -0.1) is 5.10 Å². The summed E-state index contributed by atoms with van der Waals surface area (Å²) in [6.45, 7) is 0.712. The van der Waals surface area contributed by atoms with Crippen LogP contribution in [0, 0.1) is 5.92 Å². The van der Waals surface area contributed by atoms with E-state index in [2.05, 4.69) is 33.7 Å². The van der Waals surface area contributed by atoms with Crippen molar-refractivity contribution in [2.45, 2.75) is 44.6 Å². The fourth-order valence-electron chi connectivity index (χ4n) is 3.79. The number of fused-ring (bicyclic) bond motifs is 1. The summed E-state index contributed by atoms with van der Waals surface area (Å²) in [4.78, 5) is 0. The Hall–Kier alpha value is -2.30. The molecule has 1 fully saturated rings. The molecule has 1 aromatic heterocycles. The average molecular weight is 339 g/mol. The molecule has 5 nitrogen and oxygen atoms in total. The minimum atomic E-state index is 0.434. The molecule has 1 aromatic carbocycles. The number of nitrogens with zero attached hydrogens (tertiary/aromatic N) is 2. The van der Waals surface area contributed by atoms with Crippen molar-refractivity contribution in [3.05, 3.63) is 41.6 Å². The first-order valence-electron chi connectivity index (χ1n) is 9.19. The predicted molar refractivity (Wildman–Crippen MR) is 97.3 cm³/mol. The zero-order valence-electron chi connectivity index (χ0n) is 14.7. The first-order chi connectivity index (χ1) is 12.3. The van der Waals surface area contributed by atoms with E-state index < -0.39 is 0 Å². The lowest BCUT2D eigenvalue weighted by Gasteiger charge is -2.25. The van der Waals surface area contributed by atoms with E-state index in [1.807, 2.05) is 12.1 Å². The van der Waals surface area contributed by atoms with Gasteiger partial charge in [-0.05, 0) is 49.4 Å². The van der Waals surface area contributed by atoms with Crippen LogP contribution < -0.4 is 14.8 Å². The topological polar surface area (TPSA) is 56.3 Å². The Bertz CT molecular complexity index is 711. The van der Waals surface area contributed by atoms with Gasteiger partial charge in [0.15, 0.2) is 0 Å². The lowest BCUT2D eigenvalue weighted by atomic mass is 9.92. The molecular weight excluding hydrogens is 314 g/mol. The Morgan fingerprint density at radius 2 is 2.04 bits per heavy atom. The highest BCUT2D eigenvalue weighted by atomic mass is 16.5. The van der Waals surface area contributed by atoms with E-state index in [1.165, 1.54) is 31.2 Å². The SMILES string of the molecule is COc1ccc2c(c1)OC[C@H](Cc1ccc(NC3CCCC3)nn1)C2. The van der Waals surface area contributed by atoms with Gasteiger partial charge in [0.25, 0.3) is 0 Å². The molecule has 4 rings (SSSR count). The van der Waals surface area contributed by atoms with E-state index in [0.717, 1.165) is 35.9 Å². The number of benzene rings is 1. The van der Waals surface area contributed by atoms with Crippen LogP contribution in [-0.2, 0) is 12.8 Å². The van der Waals surface area contributed by atoms with Crippen molar-refractivity contribution in [3.8, 4) is 11.5 Å². The van der Waals surface area contributed by atoms with Gasteiger partial charge in [-0.2, -0.15) is 5.10 Å². The molecule has 2 aromatic rings. The van der Waals surface area contributed by atoms with Gasteiger partial charge in [-0.3, -0.25) is 0 Å². The molecule has 1 aliphatic heterocycles. The third-order valence-corrected chi connectivity index (χ3v) is 5.18. The third kappa shape index (κ3) is 3.86.